The quantitative estimate of drug-likeness (QED) is 0.508. The average Bonchev–Trinajstić information content (AvgIpc) is 2.93. The SMILES string of the molecule is Cc1cc(C(=N)N)ccc1CSc1ccc2c(c1)CCC2. The first-order valence-electron chi connectivity index (χ1n) is 7.32. The van der Waals surface area contributed by atoms with Crippen LogP contribution in [0.15, 0.2) is 41.3 Å². The largest absolute Gasteiger partial charge is 0.384 e. The van der Waals surface area contributed by atoms with Gasteiger partial charge >= 0.3 is 0 Å². The van der Waals surface area contributed by atoms with E-state index in [-0.39, 0.29) is 5.84 Å². The van der Waals surface area contributed by atoms with E-state index in [4.69, 9.17) is 11.1 Å². The molecule has 0 aromatic heterocycles. The van der Waals surface area contributed by atoms with Crippen molar-refractivity contribution >= 4 is 17.6 Å². The third kappa shape index (κ3) is 3.13. The van der Waals surface area contributed by atoms with E-state index in [1.807, 2.05) is 23.9 Å². The zero-order valence-corrected chi connectivity index (χ0v) is 13.1. The maximum absolute atomic E-state index is 7.48. The molecule has 3 N–H and O–H groups in total. The molecule has 3 rings (SSSR count). The Morgan fingerprint density at radius 2 is 1.95 bits per heavy atom. The Morgan fingerprint density at radius 3 is 2.71 bits per heavy atom. The fourth-order valence-corrected chi connectivity index (χ4v) is 3.86. The molecule has 2 nitrogen and oxygen atoms in total. The standard InChI is InChI=1S/C18H20N2S/c1-12-9-15(18(19)20)5-6-16(12)11-21-17-8-7-13-3-2-4-14(13)10-17/h5-10H,2-4,11H2,1H3,(H3,19,20). The molecule has 0 spiro atoms. The summed E-state index contributed by atoms with van der Waals surface area (Å²) < 4.78 is 0. The molecule has 0 fully saturated rings. The summed E-state index contributed by atoms with van der Waals surface area (Å²) in [6, 6.07) is 12.9. The maximum Gasteiger partial charge on any atom is 0.122 e. The number of benzene rings is 2. The molecular formula is C18H20N2S. The van der Waals surface area contributed by atoms with E-state index in [1.54, 1.807) is 0 Å². The Morgan fingerprint density at radius 1 is 1.14 bits per heavy atom. The van der Waals surface area contributed by atoms with Gasteiger partial charge in [0.2, 0.25) is 0 Å². The number of hydrogen-bond acceptors (Lipinski definition) is 2. The van der Waals surface area contributed by atoms with Crippen molar-refractivity contribution in [2.45, 2.75) is 36.8 Å². The number of nitrogens with one attached hydrogen (secondary N) is 1. The van der Waals surface area contributed by atoms with Gasteiger partial charge in [-0.15, -0.1) is 11.8 Å². The van der Waals surface area contributed by atoms with Crippen LogP contribution in [0.25, 0.3) is 0 Å². The van der Waals surface area contributed by atoms with Crippen molar-refractivity contribution < 1.29 is 0 Å². The summed E-state index contributed by atoms with van der Waals surface area (Å²) in [7, 11) is 0. The number of hydrogen-bond donors (Lipinski definition) is 2. The third-order valence-electron chi connectivity index (χ3n) is 4.12. The van der Waals surface area contributed by atoms with Gasteiger partial charge in [0.25, 0.3) is 0 Å². The highest BCUT2D eigenvalue weighted by Gasteiger charge is 2.11. The summed E-state index contributed by atoms with van der Waals surface area (Å²) in [5, 5.41) is 7.48. The van der Waals surface area contributed by atoms with E-state index in [0.717, 1.165) is 11.3 Å². The van der Waals surface area contributed by atoms with Crippen LogP contribution in [0.2, 0.25) is 0 Å². The van der Waals surface area contributed by atoms with E-state index < -0.39 is 0 Å². The predicted octanol–water partition coefficient (Wildman–Crippen LogP) is 4.06. The Bertz CT molecular complexity index is 692. The molecule has 0 bridgehead atoms. The van der Waals surface area contributed by atoms with Gasteiger partial charge in [-0.25, -0.2) is 0 Å². The number of amidine groups is 1. The molecule has 0 saturated carbocycles. The zero-order chi connectivity index (χ0) is 14.8. The first-order valence-corrected chi connectivity index (χ1v) is 8.30. The molecule has 2 aromatic rings. The van der Waals surface area contributed by atoms with Crippen LogP contribution >= 0.6 is 11.8 Å². The first kappa shape index (κ1) is 14.2. The van der Waals surface area contributed by atoms with Crippen molar-refractivity contribution in [3.8, 4) is 0 Å². The second-order valence-corrected chi connectivity index (χ2v) is 6.68. The van der Waals surface area contributed by atoms with Gasteiger partial charge in [-0.05, 0) is 66.6 Å². The molecule has 0 amide bonds. The summed E-state index contributed by atoms with van der Waals surface area (Å²) in [5.74, 6) is 1.10. The van der Waals surface area contributed by atoms with Gasteiger partial charge in [0.05, 0.1) is 0 Å². The van der Waals surface area contributed by atoms with Gasteiger partial charge in [-0.1, -0.05) is 18.2 Å². The van der Waals surface area contributed by atoms with Crippen molar-refractivity contribution in [3.05, 3.63) is 64.2 Å². The fourth-order valence-electron chi connectivity index (χ4n) is 2.82. The molecule has 0 radical (unpaired) electrons. The highest BCUT2D eigenvalue weighted by molar-refractivity contribution is 7.98. The monoisotopic (exact) mass is 296 g/mol. The maximum atomic E-state index is 7.48. The third-order valence-corrected chi connectivity index (χ3v) is 5.16. The second-order valence-electron chi connectivity index (χ2n) is 5.63. The van der Waals surface area contributed by atoms with Crippen LogP contribution in [0.3, 0.4) is 0 Å². The Labute approximate surface area is 130 Å². The summed E-state index contributed by atoms with van der Waals surface area (Å²) in [6.45, 7) is 2.09. The first-order chi connectivity index (χ1) is 10.1. The molecule has 2 aromatic carbocycles. The molecule has 0 saturated heterocycles. The van der Waals surface area contributed by atoms with Crippen molar-refractivity contribution in [3.63, 3.8) is 0 Å². The minimum absolute atomic E-state index is 0.135. The van der Waals surface area contributed by atoms with Crippen LogP contribution in [0.5, 0.6) is 0 Å². The second kappa shape index (κ2) is 5.94. The fraction of sp³-hybridized carbons (Fsp3) is 0.278. The van der Waals surface area contributed by atoms with Crippen LogP contribution in [-0.4, -0.2) is 5.84 Å². The molecule has 1 aliphatic rings. The normalized spacial score (nSPS) is 13.2. The van der Waals surface area contributed by atoms with Gasteiger partial charge in [0.15, 0.2) is 0 Å². The lowest BCUT2D eigenvalue weighted by molar-refractivity contribution is 0.911. The molecule has 0 heterocycles. The molecular weight excluding hydrogens is 276 g/mol. The molecule has 0 unspecified atom stereocenters. The van der Waals surface area contributed by atoms with Gasteiger partial charge in [-0.2, -0.15) is 0 Å². The lowest BCUT2D eigenvalue weighted by Gasteiger charge is -2.09. The van der Waals surface area contributed by atoms with Crippen molar-refractivity contribution in [1.82, 2.24) is 0 Å². The Kier molecular flexibility index (Phi) is 4.02. The van der Waals surface area contributed by atoms with E-state index in [2.05, 4.69) is 31.2 Å². The highest BCUT2D eigenvalue weighted by atomic mass is 32.2. The number of nitrogens with two attached hydrogens (primary N) is 1. The van der Waals surface area contributed by atoms with Gasteiger partial charge in [-0.3, -0.25) is 5.41 Å². The van der Waals surface area contributed by atoms with E-state index in [1.165, 1.54) is 46.4 Å². The van der Waals surface area contributed by atoms with Gasteiger partial charge in [0.1, 0.15) is 5.84 Å². The van der Waals surface area contributed by atoms with Crippen LogP contribution in [0, 0.1) is 12.3 Å². The lowest BCUT2D eigenvalue weighted by atomic mass is 10.1. The number of thioether (sulfide) groups is 1. The van der Waals surface area contributed by atoms with E-state index in [9.17, 15) is 0 Å². The highest BCUT2D eigenvalue weighted by Crippen LogP contribution is 2.30. The number of aryl methyl sites for hydroxylation is 3. The van der Waals surface area contributed by atoms with Crippen LogP contribution in [0.1, 0.15) is 34.2 Å². The molecule has 108 valence electrons. The predicted molar refractivity (Wildman–Crippen MR) is 90.2 cm³/mol. The summed E-state index contributed by atoms with van der Waals surface area (Å²) in [4.78, 5) is 1.35. The van der Waals surface area contributed by atoms with Crippen molar-refractivity contribution in [1.29, 1.82) is 5.41 Å². The zero-order valence-electron chi connectivity index (χ0n) is 12.3. The van der Waals surface area contributed by atoms with Crippen LogP contribution in [-0.2, 0) is 18.6 Å². The van der Waals surface area contributed by atoms with Crippen LogP contribution < -0.4 is 5.73 Å². The number of fused-ring (bicyclic) bond motifs is 1. The van der Waals surface area contributed by atoms with Gasteiger partial charge < -0.3 is 5.73 Å². The summed E-state index contributed by atoms with van der Waals surface area (Å²) >= 11 is 1.88. The molecule has 0 aliphatic heterocycles. The topological polar surface area (TPSA) is 49.9 Å². The Hall–Kier alpha value is -1.74. The molecule has 0 atom stereocenters. The minimum atomic E-state index is 0.135. The number of nitrogen functional groups attached to an aromatic ring is 1. The molecule has 21 heavy (non-hydrogen) atoms. The Balaban J connectivity index is 1.71. The average molecular weight is 296 g/mol. The van der Waals surface area contributed by atoms with Crippen molar-refractivity contribution in [2.75, 3.05) is 0 Å². The smallest absolute Gasteiger partial charge is 0.122 e. The number of rotatable bonds is 4. The summed E-state index contributed by atoms with van der Waals surface area (Å²) in [5.41, 5.74) is 11.9. The van der Waals surface area contributed by atoms with Crippen LogP contribution in [0.4, 0.5) is 0 Å². The lowest BCUT2D eigenvalue weighted by Crippen LogP contribution is -2.11. The summed E-state index contributed by atoms with van der Waals surface area (Å²) in [6.07, 6.45) is 3.77. The van der Waals surface area contributed by atoms with Gasteiger partial charge in [0, 0.05) is 16.2 Å². The minimum Gasteiger partial charge on any atom is -0.384 e. The molecule has 3 heteroatoms. The van der Waals surface area contributed by atoms with Crippen molar-refractivity contribution in [2.24, 2.45) is 5.73 Å². The van der Waals surface area contributed by atoms with E-state index >= 15 is 0 Å². The molecule has 1 aliphatic carbocycles. The van der Waals surface area contributed by atoms with E-state index in [0.29, 0.717) is 0 Å².